The van der Waals surface area contributed by atoms with Gasteiger partial charge in [-0.15, -0.1) is 11.3 Å². The lowest BCUT2D eigenvalue weighted by Gasteiger charge is -2.23. The third kappa shape index (κ3) is 3.22. The van der Waals surface area contributed by atoms with E-state index >= 15 is 0 Å². The summed E-state index contributed by atoms with van der Waals surface area (Å²) in [7, 11) is -4.05. The van der Waals surface area contributed by atoms with Crippen LogP contribution in [0, 0.1) is 12.7 Å². The van der Waals surface area contributed by atoms with Crippen molar-refractivity contribution in [3.05, 3.63) is 40.1 Å². The number of hydrogen-bond acceptors (Lipinski definition) is 5. The Balaban J connectivity index is 2.42. The Morgan fingerprint density at radius 1 is 1.38 bits per heavy atom. The minimum Gasteiger partial charge on any atom is -0.398 e. The molecule has 0 bridgehead atoms. The number of sulfonamides is 1. The number of nitrogens with two attached hydrogens (primary N) is 1. The zero-order valence-corrected chi connectivity index (χ0v) is 13.5. The molecule has 5 nitrogen and oxygen atoms in total. The van der Waals surface area contributed by atoms with Crippen LogP contribution in [0.5, 0.6) is 0 Å². The van der Waals surface area contributed by atoms with Crippen molar-refractivity contribution >= 4 is 27.0 Å². The van der Waals surface area contributed by atoms with Gasteiger partial charge < -0.3 is 5.73 Å². The summed E-state index contributed by atoms with van der Waals surface area (Å²) in [5.74, 6) is -0.830. The summed E-state index contributed by atoms with van der Waals surface area (Å²) < 4.78 is 41.2. The molecule has 3 N–H and O–H groups in total. The Morgan fingerprint density at radius 3 is 2.62 bits per heavy atom. The van der Waals surface area contributed by atoms with Crippen molar-refractivity contribution in [2.75, 3.05) is 5.73 Å². The van der Waals surface area contributed by atoms with Crippen molar-refractivity contribution in [2.45, 2.75) is 31.2 Å². The summed E-state index contributed by atoms with van der Waals surface area (Å²) in [6.45, 7) is 4.94. The zero-order valence-electron chi connectivity index (χ0n) is 11.8. The number of thiazole rings is 1. The SMILES string of the molecule is Cc1cc(F)c(S(=O)(=O)NC(C)(C)c2nccs2)cc1N. The van der Waals surface area contributed by atoms with Gasteiger partial charge in [-0.05, 0) is 38.5 Å². The van der Waals surface area contributed by atoms with Crippen molar-refractivity contribution in [1.29, 1.82) is 0 Å². The fraction of sp³-hybridized carbons (Fsp3) is 0.308. The molecule has 0 fully saturated rings. The monoisotopic (exact) mass is 329 g/mol. The second-order valence-electron chi connectivity index (χ2n) is 5.21. The van der Waals surface area contributed by atoms with E-state index in [1.165, 1.54) is 11.3 Å². The molecule has 0 aliphatic carbocycles. The summed E-state index contributed by atoms with van der Waals surface area (Å²) in [4.78, 5) is 3.63. The predicted molar refractivity (Wildman–Crippen MR) is 81.0 cm³/mol. The van der Waals surface area contributed by atoms with Gasteiger partial charge >= 0.3 is 0 Å². The maximum Gasteiger partial charge on any atom is 0.244 e. The Kier molecular flexibility index (Phi) is 4.05. The average Bonchev–Trinajstić information content (AvgIpc) is 2.86. The summed E-state index contributed by atoms with van der Waals surface area (Å²) in [6, 6.07) is 2.24. The highest BCUT2D eigenvalue weighted by Crippen LogP contribution is 2.27. The molecule has 0 radical (unpaired) electrons. The maximum absolute atomic E-state index is 14.0. The lowest BCUT2D eigenvalue weighted by atomic mass is 10.1. The summed E-state index contributed by atoms with van der Waals surface area (Å²) in [5, 5.41) is 2.34. The molecule has 0 atom stereocenters. The second kappa shape index (κ2) is 5.36. The molecule has 8 heteroatoms. The van der Waals surface area contributed by atoms with E-state index in [0.717, 1.165) is 12.1 Å². The Bertz CT molecular complexity index is 756. The summed E-state index contributed by atoms with van der Waals surface area (Å²) in [5.41, 5.74) is 5.45. The minimum absolute atomic E-state index is 0.226. The van der Waals surface area contributed by atoms with E-state index in [-0.39, 0.29) is 5.69 Å². The molecular formula is C13H16FN3O2S2. The smallest absolute Gasteiger partial charge is 0.244 e. The van der Waals surface area contributed by atoms with E-state index in [2.05, 4.69) is 9.71 Å². The quantitative estimate of drug-likeness (QED) is 0.844. The molecule has 2 aromatic rings. The van der Waals surface area contributed by atoms with E-state index in [0.29, 0.717) is 10.6 Å². The van der Waals surface area contributed by atoms with Gasteiger partial charge in [-0.3, -0.25) is 0 Å². The number of aryl methyl sites for hydroxylation is 1. The molecule has 0 saturated heterocycles. The van der Waals surface area contributed by atoms with Gasteiger partial charge in [0.05, 0.1) is 5.54 Å². The van der Waals surface area contributed by atoms with Crippen molar-refractivity contribution in [1.82, 2.24) is 9.71 Å². The molecule has 0 spiro atoms. The van der Waals surface area contributed by atoms with Crippen LogP contribution in [0.4, 0.5) is 10.1 Å². The van der Waals surface area contributed by atoms with Crippen LogP contribution >= 0.6 is 11.3 Å². The molecule has 1 aromatic carbocycles. The summed E-state index contributed by atoms with van der Waals surface area (Å²) >= 11 is 1.32. The van der Waals surface area contributed by atoms with Gasteiger partial charge in [-0.2, -0.15) is 4.72 Å². The van der Waals surface area contributed by atoms with E-state index in [1.54, 1.807) is 32.3 Å². The molecule has 21 heavy (non-hydrogen) atoms. The topological polar surface area (TPSA) is 85.1 Å². The predicted octanol–water partition coefficient (Wildman–Crippen LogP) is 2.39. The van der Waals surface area contributed by atoms with Gasteiger partial charge in [0.15, 0.2) is 0 Å². The number of anilines is 1. The van der Waals surface area contributed by atoms with Crippen LogP contribution in [0.15, 0.2) is 28.6 Å². The van der Waals surface area contributed by atoms with Crippen LogP contribution in [-0.2, 0) is 15.6 Å². The van der Waals surface area contributed by atoms with Gasteiger partial charge in [0.25, 0.3) is 0 Å². The number of nitrogen functional groups attached to an aromatic ring is 1. The molecule has 1 aromatic heterocycles. The number of halogens is 1. The maximum atomic E-state index is 14.0. The third-order valence-electron chi connectivity index (χ3n) is 2.97. The highest BCUT2D eigenvalue weighted by Gasteiger charge is 2.31. The van der Waals surface area contributed by atoms with Crippen LogP contribution in [0.25, 0.3) is 0 Å². The molecule has 0 aliphatic rings. The number of hydrogen-bond donors (Lipinski definition) is 2. The molecule has 0 unspecified atom stereocenters. The van der Waals surface area contributed by atoms with Crippen LogP contribution in [0.2, 0.25) is 0 Å². The summed E-state index contributed by atoms with van der Waals surface area (Å²) in [6.07, 6.45) is 1.58. The zero-order chi connectivity index (χ0) is 15.8. The van der Waals surface area contributed by atoms with Crippen LogP contribution in [-0.4, -0.2) is 13.4 Å². The fourth-order valence-corrected chi connectivity index (χ4v) is 4.10. The number of nitrogens with one attached hydrogen (secondary N) is 1. The molecular weight excluding hydrogens is 313 g/mol. The van der Waals surface area contributed by atoms with E-state index in [9.17, 15) is 12.8 Å². The van der Waals surface area contributed by atoms with Gasteiger partial charge in [0, 0.05) is 17.3 Å². The molecule has 0 aliphatic heterocycles. The lowest BCUT2D eigenvalue weighted by Crippen LogP contribution is -2.41. The molecule has 1 heterocycles. The normalized spacial score (nSPS) is 12.6. The fourth-order valence-electron chi connectivity index (χ4n) is 1.84. The highest BCUT2D eigenvalue weighted by atomic mass is 32.2. The first-order chi connectivity index (χ1) is 9.63. The molecule has 0 amide bonds. The first kappa shape index (κ1) is 15.9. The molecule has 114 valence electrons. The van der Waals surface area contributed by atoms with Crippen LogP contribution in [0.3, 0.4) is 0 Å². The standard InChI is InChI=1S/C13H16FN3O2S2/c1-8-6-9(14)11(7-10(8)15)21(18,19)17-13(2,3)12-16-4-5-20-12/h4-7,17H,15H2,1-3H3. The third-order valence-corrected chi connectivity index (χ3v) is 5.73. The van der Waals surface area contributed by atoms with Crippen molar-refractivity contribution in [3.63, 3.8) is 0 Å². The van der Waals surface area contributed by atoms with Gasteiger partial charge in [-0.25, -0.2) is 17.8 Å². The van der Waals surface area contributed by atoms with Gasteiger partial charge in [0.1, 0.15) is 15.7 Å². The highest BCUT2D eigenvalue weighted by molar-refractivity contribution is 7.89. The Labute approximate surface area is 127 Å². The minimum atomic E-state index is -4.05. The van der Waals surface area contributed by atoms with Crippen molar-refractivity contribution in [3.8, 4) is 0 Å². The molecule has 2 rings (SSSR count). The van der Waals surface area contributed by atoms with Gasteiger partial charge in [-0.1, -0.05) is 0 Å². The van der Waals surface area contributed by atoms with E-state index in [1.807, 2.05) is 0 Å². The van der Waals surface area contributed by atoms with Crippen LogP contribution in [0.1, 0.15) is 24.4 Å². The van der Waals surface area contributed by atoms with Gasteiger partial charge in [0.2, 0.25) is 10.0 Å². The van der Waals surface area contributed by atoms with Crippen molar-refractivity contribution < 1.29 is 12.8 Å². The lowest BCUT2D eigenvalue weighted by molar-refractivity contribution is 0.466. The largest absolute Gasteiger partial charge is 0.398 e. The number of benzene rings is 1. The second-order valence-corrected chi connectivity index (χ2v) is 7.75. The molecule has 0 saturated carbocycles. The van der Waals surface area contributed by atoms with E-state index < -0.39 is 26.3 Å². The van der Waals surface area contributed by atoms with E-state index in [4.69, 9.17) is 5.73 Å². The number of nitrogens with zero attached hydrogens (tertiary/aromatic N) is 1. The van der Waals surface area contributed by atoms with Crippen molar-refractivity contribution in [2.24, 2.45) is 0 Å². The first-order valence-corrected chi connectivity index (χ1v) is 8.49. The number of rotatable bonds is 4. The van der Waals surface area contributed by atoms with Crippen LogP contribution < -0.4 is 10.5 Å². The number of aromatic nitrogens is 1. The average molecular weight is 329 g/mol. The first-order valence-electron chi connectivity index (χ1n) is 6.13. The Hall–Kier alpha value is -1.51. The Morgan fingerprint density at radius 2 is 2.05 bits per heavy atom.